The molecule has 13 aromatic rings. The zero-order valence-electron chi connectivity index (χ0n) is 37.6. The van der Waals surface area contributed by atoms with Crippen molar-refractivity contribution in [3.05, 3.63) is 241 Å². The van der Waals surface area contributed by atoms with E-state index in [2.05, 4.69) is 223 Å². The first-order valence-electron chi connectivity index (χ1n) is 23.8. The highest BCUT2D eigenvalue weighted by Crippen LogP contribution is 2.47. The maximum atomic E-state index is 6.83. The van der Waals surface area contributed by atoms with E-state index in [4.69, 9.17) is 19.4 Å². The van der Waals surface area contributed by atoms with Gasteiger partial charge in [-0.1, -0.05) is 158 Å². The van der Waals surface area contributed by atoms with Crippen molar-refractivity contribution in [2.45, 2.75) is 18.8 Å². The van der Waals surface area contributed by atoms with Crippen molar-refractivity contribution in [1.82, 2.24) is 19.5 Å². The van der Waals surface area contributed by atoms with Crippen LogP contribution >= 0.6 is 0 Å². The van der Waals surface area contributed by atoms with E-state index in [1.54, 1.807) is 0 Å². The van der Waals surface area contributed by atoms with Crippen LogP contribution in [0.5, 0.6) is 0 Å². The standard InChI is InChI=1S/C64H42N4O/c1-3-16-40(17-4-1)41-20-15-21-45(35-41)62-65-63(46-31-33-58-55(37-46)52-26-11-13-28-57(52)68(58)48-22-5-2-6-23-48)67-64(66-62)47-38-56(61-53-27-12-14-29-59(53)69-60(61)39-47)51-32-30-44-34-42-18-7-8-19-43(42)36-54(44)50-25-10-9-24-49(50)51/h1-29,31,33-39,51H,30,32H2. The average Bonchev–Trinajstić information content (AvgIpc) is 3.91. The van der Waals surface area contributed by atoms with Crippen molar-refractivity contribution < 1.29 is 4.42 Å². The molecule has 1 unspecified atom stereocenters. The van der Waals surface area contributed by atoms with E-state index in [0.29, 0.717) is 17.5 Å². The second-order valence-electron chi connectivity index (χ2n) is 18.2. The first-order chi connectivity index (χ1) is 34.2. The molecular weight excluding hydrogens is 841 g/mol. The number of hydrogen-bond donors (Lipinski definition) is 0. The molecule has 0 spiro atoms. The van der Waals surface area contributed by atoms with Gasteiger partial charge in [0.1, 0.15) is 11.2 Å². The molecule has 3 aromatic heterocycles. The third-order valence-corrected chi connectivity index (χ3v) is 14.3. The largest absolute Gasteiger partial charge is 0.456 e. The molecule has 0 N–H and O–H groups in total. The lowest BCUT2D eigenvalue weighted by molar-refractivity contribution is 0.667. The summed E-state index contributed by atoms with van der Waals surface area (Å²) in [5.74, 6) is 1.86. The second-order valence-corrected chi connectivity index (χ2v) is 18.2. The Morgan fingerprint density at radius 2 is 1.03 bits per heavy atom. The predicted molar refractivity (Wildman–Crippen MR) is 283 cm³/mol. The van der Waals surface area contributed by atoms with Gasteiger partial charge in [-0.15, -0.1) is 0 Å². The molecule has 1 aliphatic carbocycles. The van der Waals surface area contributed by atoms with Gasteiger partial charge < -0.3 is 8.98 Å². The summed E-state index contributed by atoms with van der Waals surface area (Å²) in [6.07, 6.45) is 1.86. The topological polar surface area (TPSA) is 56.7 Å². The summed E-state index contributed by atoms with van der Waals surface area (Å²) in [7, 11) is 0. The van der Waals surface area contributed by atoms with Crippen LogP contribution in [-0.2, 0) is 6.42 Å². The Morgan fingerprint density at radius 3 is 1.87 bits per heavy atom. The molecule has 14 rings (SSSR count). The molecule has 5 heteroatoms. The van der Waals surface area contributed by atoms with Crippen LogP contribution in [0.3, 0.4) is 0 Å². The third kappa shape index (κ3) is 6.57. The molecule has 1 aliphatic rings. The van der Waals surface area contributed by atoms with Gasteiger partial charge in [-0.05, 0) is 129 Å². The van der Waals surface area contributed by atoms with Gasteiger partial charge >= 0.3 is 0 Å². The Kier molecular flexibility index (Phi) is 9.02. The summed E-state index contributed by atoms with van der Waals surface area (Å²) < 4.78 is 9.17. The molecule has 1 atom stereocenters. The van der Waals surface area contributed by atoms with E-state index >= 15 is 0 Å². The monoisotopic (exact) mass is 882 g/mol. The van der Waals surface area contributed by atoms with Crippen LogP contribution in [0.2, 0.25) is 0 Å². The van der Waals surface area contributed by atoms with Crippen LogP contribution in [0.15, 0.2) is 229 Å². The van der Waals surface area contributed by atoms with Gasteiger partial charge in [0.05, 0.1) is 11.0 Å². The second kappa shape index (κ2) is 15.9. The summed E-state index contributed by atoms with van der Waals surface area (Å²) in [5, 5.41) is 7.07. The summed E-state index contributed by atoms with van der Waals surface area (Å²) >= 11 is 0. The molecule has 3 heterocycles. The summed E-state index contributed by atoms with van der Waals surface area (Å²) in [5.41, 5.74) is 16.5. The van der Waals surface area contributed by atoms with Gasteiger partial charge in [0.25, 0.3) is 0 Å². The van der Waals surface area contributed by atoms with E-state index in [-0.39, 0.29) is 5.92 Å². The molecule has 69 heavy (non-hydrogen) atoms. The number of aromatic nitrogens is 4. The SMILES string of the molecule is c1ccc(-c2cccc(-c3nc(-c4cc(C5CCc6cc7ccccc7cc6-c6ccccc65)c5c(c4)oc4ccccc45)nc(-c4ccc5c(c4)c4ccccc4n5-c4ccccc4)n3)c2)cc1. The van der Waals surface area contributed by atoms with Crippen LogP contribution in [0.4, 0.5) is 0 Å². The van der Waals surface area contributed by atoms with Gasteiger partial charge in [0.15, 0.2) is 17.5 Å². The van der Waals surface area contributed by atoms with Gasteiger partial charge in [-0.2, -0.15) is 0 Å². The van der Waals surface area contributed by atoms with Crippen molar-refractivity contribution >= 4 is 54.5 Å². The number of rotatable bonds is 6. The van der Waals surface area contributed by atoms with Crippen LogP contribution in [0, 0.1) is 0 Å². The number of furan rings is 1. The third-order valence-electron chi connectivity index (χ3n) is 14.3. The molecule has 0 saturated heterocycles. The minimum Gasteiger partial charge on any atom is -0.456 e. The molecule has 0 bridgehead atoms. The lowest BCUT2D eigenvalue weighted by Crippen LogP contribution is -2.05. The van der Waals surface area contributed by atoms with Gasteiger partial charge in [0, 0.05) is 49.8 Å². The molecule has 0 amide bonds. The van der Waals surface area contributed by atoms with Crippen molar-refractivity contribution in [3.63, 3.8) is 0 Å². The average molecular weight is 883 g/mol. The number of para-hydroxylation sites is 3. The molecule has 10 aromatic carbocycles. The lowest BCUT2D eigenvalue weighted by atomic mass is 9.83. The predicted octanol–water partition coefficient (Wildman–Crippen LogP) is 16.4. The van der Waals surface area contributed by atoms with E-state index in [0.717, 1.165) is 84.7 Å². The molecule has 0 aliphatic heterocycles. The first-order valence-corrected chi connectivity index (χ1v) is 23.8. The fourth-order valence-corrected chi connectivity index (χ4v) is 11.1. The van der Waals surface area contributed by atoms with E-state index in [1.807, 2.05) is 6.07 Å². The first kappa shape index (κ1) is 39.3. The van der Waals surface area contributed by atoms with Crippen molar-refractivity contribution in [1.29, 1.82) is 0 Å². The zero-order chi connectivity index (χ0) is 45.4. The number of hydrogen-bond acceptors (Lipinski definition) is 4. The summed E-state index contributed by atoms with van der Waals surface area (Å²) in [6, 6.07) is 80.2. The minimum absolute atomic E-state index is 0.0628. The van der Waals surface area contributed by atoms with Crippen LogP contribution < -0.4 is 0 Å². The van der Waals surface area contributed by atoms with E-state index in [9.17, 15) is 0 Å². The fraction of sp³-hybridized carbons (Fsp3) is 0.0469. The minimum atomic E-state index is 0.0628. The van der Waals surface area contributed by atoms with E-state index in [1.165, 1.54) is 44.0 Å². The Labute approximate surface area is 398 Å². The molecule has 324 valence electrons. The molecular formula is C64H42N4O. The Hall–Kier alpha value is -8.93. The normalized spacial score (nSPS) is 13.5. The Morgan fingerprint density at radius 1 is 0.391 bits per heavy atom. The quantitative estimate of drug-likeness (QED) is 0.167. The number of benzene rings is 10. The van der Waals surface area contributed by atoms with Crippen LogP contribution in [0.25, 0.3) is 117 Å². The molecule has 5 nitrogen and oxygen atoms in total. The van der Waals surface area contributed by atoms with Crippen molar-refractivity contribution in [3.8, 4) is 62.1 Å². The maximum absolute atomic E-state index is 6.83. The lowest BCUT2D eigenvalue weighted by Gasteiger charge is -2.20. The molecule has 0 radical (unpaired) electrons. The van der Waals surface area contributed by atoms with Crippen LogP contribution in [0.1, 0.15) is 29.0 Å². The van der Waals surface area contributed by atoms with Gasteiger partial charge in [-0.25, -0.2) is 15.0 Å². The van der Waals surface area contributed by atoms with Gasteiger partial charge in [0.2, 0.25) is 0 Å². The van der Waals surface area contributed by atoms with Crippen molar-refractivity contribution in [2.24, 2.45) is 0 Å². The summed E-state index contributed by atoms with van der Waals surface area (Å²) in [6.45, 7) is 0. The van der Waals surface area contributed by atoms with Gasteiger partial charge in [-0.3, -0.25) is 0 Å². The van der Waals surface area contributed by atoms with E-state index < -0.39 is 0 Å². The highest BCUT2D eigenvalue weighted by Gasteiger charge is 2.28. The number of aryl methyl sites for hydroxylation is 1. The highest BCUT2D eigenvalue weighted by atomic mass is 16.3. The maximum Gasteiger partial charge on any atom is 0.164 e. The molecule has 0 fully saturated rings. The van der Waals surface area contributed by atoms with Crippen LogP contribution in [-0.4, -0.2) is 19.5 Å². The summed E-state index contributed by atoms with van der Waals surface area (Å²) in [4.78, 5) is 16.2. The Balaban J connectivity index is 0.993. The Bertz CT molecular complexity index is 4150. The highest BCUT2D eigenvalue weighted by molar-refractivity contribution is 6.11. The van der Waals surface area contributed by atoms with Crippen molar-refractivity contribution in [2.75, 3.05) is 0 Å². The fourth-order valence-electron chi connectivity index (χ4n) is 11.1. The molecule has 0 saturated carbocycles. The number of fused-ring (bicyclic) bond motifs is 10. The zero-order valence-corrected chi connectivity index (χ0v) is 37.6. The number of nitrogens with zero attached hydrogens (tertiary/aromatic N) is 4. The smallest absolute Gasteiger partial charge is 0.164 e.